The molecular weight excluding hydrogens is 184 g/mol. The first kappa shape index (κ1) is 8.48. The summed E-state index contributed by atoms with van der Waals surface area (Å²) < 4.78 is 5.66. The maximum atomic E-state index is 10.7. The fourth-order valence-corrected chi connectivity index (χ4v) is 0.753. The lowest BCUT2D eigenvalue weighted by Gasteiger charge is -2.04. The monoisotopic (exact) mass is 190 g/mol. The van der Waals surface area contributed by atoms with Crippen LogP contribution in [0.15, 0.2) is 15.3 Å². The summed E-state index contributed by atoms with van der Waals surface area (Å²) in [6.45, 7) is 1.69. The highest BCUT2D eigenvalue weighted by atomic mass is 32.2. The van der Waals surface area contributed by atoms with Gasteiger partial charge in [0.25, 0.3) is 0 Å². The average Bonchev–Trinajstić information content (AvgIpc) is 1.85. The SMILES string of the molecule is Cc1cc(=O)oc(N(S)S)n1. The molecule has 0 aliphatic rings. The molecule has 0 amide bonds. The molecule has 0 atom stereocenters. The molecule has 4 nitrogen and oxygen atoms in total. The van der Waals surface area contributed by atoms with Gasteiger partial charge in [-0.25, -0.2) is 13.5 Å². The number of thiol groups is 2. The molecule has 0 spiro atoms. The lowest BCUT2D eigenvalue weighted by Crippen LogP contribution is -2.05. The van der Waals surface area contributed by atoms with Crippen LogP contribution in [0.3, 0.4) is 0 Å². The topological polar surface area (TPSA) is 46.3 Å². The van der Waals surface area contributed by atoms with Crippen molar-refractivity contribution in [2.45, 2.75) is 6.92 Å². The van der Waals surface area contributed by atoms with E-state index in [0.717, 1.165) is 3.71 Å². The summed E-state index contributed by atoms with van der Waals surface area (Å²) in [4.78, 5) is 14.6. The van der Waals surface area contributed by atoms with E-state index in [-0.39, 0.29) is 6.01 Å². The Kier molecular flexibility index (Phi) is 2.45. The molecule has 0 N–H and O–H groups in total. The van der Waals surface area contributed by atoms with Gasteiger partial charge in [-0.2, -0.15) is 0 Å². The van der Waals surface area contributed by atoms with Crippen molar-refractivity contribution in [1.29, 1.82) is 0 Å². The van der Waals surface area contributed by atoms with Crippen LogP contribution < -0.4 is 9.34 Å². The van der Waals surface area contributed by atoms with Crippen molar-refractivity contribution in [2.75, 3.05) is 3.71 Å². The van der Waals surface area contributed by atoms with Crippen molar-refractivity contribution in [3.05, 3.63) is 22.2 Å². The number of rotatable bonds is 1. The zero-order valence-electron chi connectivity index (χ0n) is 5.68. The normalized spacial score (nSPS) is 9.73. The third kappa shape index (κ3) is 2.16. The summed E-state index contributed by atoms with van der Waals surface area (Å²) in [5, 5.41) is 0. The molecule has 60 valence electrons. The maximum Gasteiger partial charge on any atom is 0.340 e. The summed E-state index contributed by atoms with van der Waals surface area (Å²) >= 11 is 7.57. The van der Waals surface area contributed by atoms with Crippen LogP contribution in [0.4, 0.5) is 6.01 Å². The summed E-state index contributed by atoms with van der Waals surface area (Å²) in [6.07, 6.45) is 0. The van der Waals surface area contributed by atoms with Crippen molar-refractivity contribution in [1.82, 2.24) is 4.98 Å². The average molecular weight is 190 g/mol. The highest BCUT2D eigenvalue weighted by molar-refractivity contribution is 8.00. The number of aryl methyl sites for hydroxylation is 1. The third-order valence-corrected chi connectivity index (χ3v) is 1.30. The first-order valence-electron chi connectivity index (χ1n) is 2.76. The lowest BCUT2D eigenvalue weighted by molar-refractivity contribution is 0.506. The van der Waals surface area contributed by atoms with Crippen molar-refractivity contribution in [3.8, 4) is 0 Å². The van der Waals surface area contributed by atoms with Gasteiger partial charge in [0.2, 0.25) is 0 Å². The summed E-state index contributed by atoms with van der Waals surface area (Å²) in [5.41, 5.74) is 0.116. The molecule has 1 aromatic rings. The number of aromatic nitrogens is 1. The van der Waals surface area contributed by atoms with Crippen LogP contribution in [-0.4, -0.2) is 4.98 Å². The second kappa shape index (κ2) is 3.19. The molecule has 1 heterocycles. The van der Waals surface area contributed by atoms with Crippen LogP contribution in [0.1, 0.15) is 5.69 Å². The molecule has 11 heavy (non-hydrogen) atoms. The van der Waals surface area contributed by atoms with Gasteiger partial charge >= 0.3 is 11.6 Å². The summed E-state index contributed by atoms with van der Waals surface area (Å²) in [5.74, 6) is 0. The molecule has 0 saturated heterocycles. The molecule has 1 aromatic heterocycles. The van der Waals surface area contributed by atoms with E-state index in [0.29, 0.717) is 5.69 Å². The second-order valence-electron chi connectivity index (χ2n) is 1.89. The van der Waals surface area contributed by atoms with Gasteiger partial charge in [0.15, 0.2) is 0 Å². The van der Waals surface area contributed by atoms with Gasteiger partial charge in [0, 0.05) is 6.07 Å². The predicted molar refractivity (Wildman–Crippen MR) is 48.0 cm³/mol. The van der Waals surface area contributed by atoms with Gasteiger partial charge in [-0.1, -0.05) is 25.6 Å². The van der Waals surface area contributed by atoms with E-state index in [1.807, 2.05) is 0 Å². The fraction of sp³-hybridized carbons (Fsp3) is 0.200. The minimum atomic E-state index is -0.458. The Labute approximate surface area is 74.3 Å². The quantitative estimate of drug-likeness (QED) is 0.644. The van der Waals surface area contributed by atoms with Gasteiger partial charge in [-0.3, -0.25) is 0 Å². The highest BCUT2D eigenvalue weighted by Crippen LogP contribution is 2.12. The molecule has 0 fully saturated rings. The van der Waals surface area contributed by atoms with Crippen molar-refractivity contribution in [3.63, 3.8) is 0 Å². The van der Waals surface area contributed by atoms with Crippen molar-refractivity contribution in [2.24, 2.45) is 0 Å². The molecule has 0 aromatic carbocycles. The number of hydrogen-bond acceptors (Lipinski definition) is 6. The molecule has 0 aliphatic heterocycles. The van der Waals surface area contributed by atoms with Gasteiger partial charge < -0.3 is 4.42 Å². The minimum Gasteiger partial charge on any atom is -0.388 e. The van der Waals surface area contributed by atoms with E-state index >= 15 is 0 Å². The number of hydrogen-bond donors (Lipinski definition) is 2. The first-order valence-corrected chi connectivity index (χ1v) is 3.56. The van der Waals surface area contributed by atoms with E-state index in [4.69, 9.17) is 0 Å². The Morgan fingerprint density at radius 1 is 1.64 bits per heavy atom. The zero-order chi connectivity index (χ0) is 8.43. The lowest BCUT2D eigenvalue weighted by atomic mass is 10.5. The number of nitrogens with zero attached hydrogens (tertiary/aromatic N) is 2. The van der Waals surface area contributed by atoms with E-state index in [1.54, 1.807) is 6.92 Å². The Morgan fingerprint density at radius 3 is 2.73 bits per heavy atom. The van der Waals surface area contributed by atoms with Crippen LogP contribution in [-0.2, 0) is 0 Å². The van der Waals surface area contributed by atoms with E-state index < -0.39 is 5.63 Å². The molecule has 0 aliphatic carbocycles. The molecule has 1 rings (SSSR count). The minimum absolute atomic E-state index is 0.0710. The zero-order valence-corrected chi connectivity index (χ0v) is 7.47. The van der Waals surface area contributed by atoms with Gasteiger partial charge in [0.05, 0.1) is 5.69 Å². The molecule has 0 bridgehead atoms. The molecule has 0 unspecified atom stereocenters. The molecule has 0 saturated carbocycles. The Bertz CT molecular complexity index is 310. The fourth-order valence-electron chi connectivity index (χ4n) is 0.581. The van der Waals surface area contributed by atoms with E-state index in [2.05, 4.69) is 35.0 Å². The van der Waals surface area contributed by atoms with E-state index in [9.17, 15) is 4.79 Å². The predicted octanol–water partition coefficient (Wildman–Crippen LogP) is 0.839. The highest BCUT2D eigenvalue weighted by Gasteiger charge is 2.02. The number of anilines is 1. The largest absolute Gasteiger partial charge is 0.388 e. The van der Waals surface area contributed by atoms with Crippen LogP contribution in [0.25, 0.3) is 0 Å². The first-order chi connectivity index (χ1) is 5.09. The summed E-state index contributed by atoms with van der Waals surface area (Å²) in [7, 11) is 0. The van der Waals surface area contributed by atoms with Gasteiger partial charge in [-0.15, -0.1) is 0 Å². The van der Waals surface area contributed by atoms with Crippen molar-refractivity contribution >= 4 is 31.6 Å². The van der Waals surface area contributed by atoms with Crippen LogP contribution in [0.2, 0.25) is 0 Å². The van der Waals surface area contributed by atoms with Crippen LogP contribution in [0.5, 0.6) is 0 Å². The van der Waals surface area contributed by atoms with Crippen LogP contribution in [0, 0.1) is 6.92 Å². The second-order valence-corrected chi connectivity index (χ2v) is 3.01. The molecule has 6 heteroatoms. The molecular formula is C5H6N2O2S2. The van der Waals surface area contributed by atoms with Gasteiger partial charge in [0.1, 0.15) is 0 Å². The van der Waals surface area contributed by atoms with Crippen molar-refractivity contribution < 1.29 is 4.42 Å². The van der Waals surface area contributed by atoms with Gasteiger partial charge in [-0.05, 0) is 6.92 Å². The Hall–Kier alpha value is -0.620. The Morgan fingerprint density at radius 2 is 2.27 bits per heavy atom. The third-order valence-electron chi connectivity index (χ3n) is 0.962. The maximum absolute atomic E-state index is 10.7. The molecule has 0 radical (unpaired) electrons. The van der Waals surface area contributed by atoms with Crippen LogP contribution >= 0.6 is 25.6 Å². The Balaban J connectivity index is 3.19. The summed E-state index contributed by atoms with van der Waals surface area (Å²) in [6, 6.07) is 1.36. The standard InChI is InChI=1S/C5H6N2O2S2/c1-3-2-4(8)9-5(6-3)7(10)11/h2,10-11H,1H3. The van der Waals surface area contributed by atoms with E-state index in [1.165, 1.54) is 6.07 Å². The smallest absolute Gasteiger partial charge is 0.340 e.